The topological polar surface area (TPSA) is 37.3 Å². The fraction of sp³-hybridized carbons (Fsp3) is 0.950. The molecule has 4 saturated carbocycles. The molecule has 7 unspecified atom stereocenters. The molecule has 0 heterocycles. The summed E-state index contributed by atoms with van der Waals surface area (Å²) < 4.78 is 0. The van der Waals surface area contributed by atoms with Gasteiger partial charge in [0.05, 0.1) is 6.10 Å². The molecule has 0 aliphatic heterocycles. The van der Waals surface area contributed by atoms with Crippen LogP contribution in [-0.2, 0) is 4.79 Å². The van der Waals surface area contributed by atoms with Gasteiger partial charge >= 0.3 is 0 Å². The summed E-state index contributed by atoms with van der Waals surface area (Å²) in [5.41, 5.74) is 0.575. The third kappa shape index (κ3) is 1.98. The molecule has 7 atom stereocenters. The van der Waals surface area contributed by atoms with E-state index < -0.39 is 0 Å². The van der Waals surface area contributed by atoms with Gasteiger partial charge in [-0.1, -0.05) is 20.3 Å². The van der Waals surface area contributed by atoms with E-state index in [0.717, 1.165) is 43.4 Å². The van der Waals surface area contributed by atoms with Gasteiger partial charge in [0, 0.05) is 12.8 Å². The van der Waals surface area contributed by atoms with Crippen LogP contribution in [0, 0.1) is 34.5 Å². The van der Waals surface area contributed by atoms with E-state index in [9.17, 15) is 9.90 Å². The molecular formula is C20H32O2. The Bertz CT molecular complexity index is 472. The van der Waals surface area contributed by atoms with Crippen molar-refractivity contribution >= 4 is 5.78 Å². The Morgan fingerprint density at radius 2 is 1.73 bits per heavy atom. The predicted octanol–water partition coefficient (Wildman–Crippen LogP) is 4.35. The Labute approximate surface area is 135 Å². The minimum absolute atomic E-state index is 0.0711. The van der Waals surface area contributed by atoms with E-state index in [1.165, 1.54) is 38.5 Å². The van der Waals surface area contributed by atoms with Gasteiger partial charge in [0.1, 0.15) is 5.78 Å². The van der Waals surface area contributed by atoms with E-state index >= 15 is 0 Å². The molecule has 4 aliphatic rings. The fourth-order valence-electron chi connectivity index (χ4n) is 7.22. The maximum absolute atomic E-state index is 12.0. The van der Waals surface area contributed by atoms with Crippen molar-refractivity contribution in [2.45, 2.75) is 84.2 Å². The van der Waals surface area contributed by atoms with Crippen molar-refractivity contribution in [2.24, 2.45) is 34.5 Å². The number of rotatable bonds is 0. The van der Waals surface area contributed by atoms with Crippen molar-refractivity contribution in [1.29, 1.82) is 0 Å². The van der Waals surface area contributed by atoms with E-state index in [1.807, 2.05) is 0 Å². The van der Waals surface area contributed by atoms with Crippen LogP contribution in [0.4, 0.5) is 0 Å². The lowest BCUT2D eigenvalue weighted by Crippen LogP contribution is -2.50. The highest BCUT2D eigenvalue weighted by molar-refractivity contribution is 5.79. The zero-order chi connectivity index (χ0) is 15.5. The van der Waals surface area contributed by atoms with Crippen molar-refractivity contribution < 1.29 is 9.90 Å². The molecule has 2 nitrogen and oxygen atoms in total. The molecule has 22 heavy (non-hydrogen) atoms. The van der Waals surface area contributed by atoms with Gasteiger partial charge in [0.15, 0.2) is 0 Å². The maximum Gasteiger partial charge on any atom is 0.133 e. The maximum atomic E-state index is 12.0. The molecule has 0 aromatic heterocycles. The van der Waals surface area contributed by atoms with Gasteiger partial charge in [-0.25, -0.2) is 0 Å². The standard InChI is InChI=1S/C20H32O2/c1-19-10-8-14(21)12-13(19)4-3-5-15-16-6-7-18(22)20(16,2)11-9-17(15)19/h13,15-18,22H,3-12H2,1-2H3. The van der Waals surface area contributed by atoms with Crippen molar-refractivity contribution in [3.8, 4) is 0 Å². The number of aliphatic hydroxyl groups is 1. The molecule has 0 spiro atoms. The molecule has 2 heteroatoms. The Hall–Kier alpha value is -0.370. The van der Waals surface area contributed by atoms with Gasteiger partial charge in [-0.2, -0.15) is 0 Å². The molecular weight excluding hydrogens is 272 g/mol. The van der Waals surface area contributed by atoms with Gasteiger partial charge in [-0.05, 0) is 79.4 Å². The van der Waals surface area contributed by atoms with E-state index in [-0.39, 0.29) is 11.5 Å². The van der Waals surface area contributed by atoms with Gasteiger partial charge in [0.25, 0.3) is 0 Å². The van der Waals surface area contributed by atoms with Crippen LogP contribution < -0.4 is 0 Å². The van der Waals surface area contributed by atoms with Gasteiger partial charge in [-0.15, -0.1) is 0 Å². The SMILES string of the molecule is CC12CCC3C(CCCC4CC(=O)CCC43C)C1CCC2O. The van der Waals surface area contributed by atoms with E-state index in [1.54, 1.807) is 0 Å². The van der Waals surface area contributed by atoms with Crippen molar-refractivity contribution in [2.75, 3.05) is 0 Å². The molecule has 0 saturated heterocycles. The largest absolute Gasteiger partial charge is 0.393 e. The summed E-state index contributed by atoms with van der Waals surface area (Å²) in [6.07, 6.45) is 11.4. The highest BCUT2D eigenvalue weighted by Gasteiger charge is 2.58. The Balaban J connectivity index is 1.67. The zero-order valence-electron chi connectivity index (χ0n) is 14.3. The summed E-state index contributed by atoms with van der Waals surface area (Å²) in [6.45, 7) is 4.88. The second-order valence-electron chi connectivity index (χ2n) is 9.39. The lowest BCUT2D eigenvalue weighted by molar-refractivity contribution is -0.130. The highest BCUT2D eigenvalue weighted by Crippen LogP contribution is 2.64. The monoisotopic (exact) mass is 304 g/mol. The van der Waals surface area contributed by atoms with E-state index in [0.29, 0.717) is 17.1 Å². The smallest absolute Gasteiger partial charge is 0.133 e. The first-order chi connectivity index (χ1) is 10.4. The second kappa shape index (κ2) is 5.06. The summed E-state index contributed by atoms with van der Waals surface area (Å²) in [4.78, 5) is 12.0. The number of hydrogen-bond donors (Lipinski definition) is 1. The molecule has 1 N–H and O–H groups in total. The average molecular weight is 304 g/mol. The third-order valence-electron chi connectivity index (χ3n) is 8.67. The van der Waals surface area contributed by atoms with E-state index in [4.69, 9.17) is 0 Å². The van der Waals surface area contributed by atoms with Crippen molar-refractivity contribution in [3.05, 3.63) is 0 Å². The first kappa shape index (κ1) is 15.2. The molecule has 4 fully saturated rings. The van der Waals surface area contributed by atoms with Gasteiger partial charge in [0.2, 0.25) is 0 Å². The second-order valence-corrected chi connectivity index (χ2v) is 9.39. The van der Waals surface area contributed by atoms with Crippen LogP contribution in [0.1, 0.15) is 78.1 Å². The molecule has 0 bridgehead atoms. The Morgan fingerprint density at radius 3 is 2.55 bits per heavy atom. The number of aliphatic hydroxyl groups excluding tert-OH is 1. The summed E-state index contributed by atoms with van der Waals surface area (Å²) in [5.74, 6) is 3.49. The minimum Gasteiger partial charge on any atom is -0.393 e. The fourth-order valence-corrected chi connectivity index (χ4v) is 7.22. The quantitative estimate of drug-likeness (QED) is 0.722. The van der Waals surface area contributed by atoms with Gasteiger partial charge in [-0.3, -0.25) is 4.79 Å². The number of fused-ring (bicyclic) bond motifs is 5. The third-order valence-corrected chi connectivity index (χ3v) is 8.67. The molecule has 4 aliphatic carbocycles. The van der Waals surface area contributed by atoms with Gasteiger partial charge < -0.3 is 5.11 Å². The molecule has 124 valence electrons. The average Bonchev–Trinajstić information content (AvgIpc) is 2.70. The number of hydrogen-bond acceptors (Lipinski definition) is 2. The number of ketones is 1. The van der Waals surface area contributed by atoms with E-state index in [2.05, 4.69) is 13.8 Å². The number of carbonyl (C=O) groups is 1. The van der Waals surface area contributed by atoms with Crippen LogP contribution in [0.2, 0.25) is 0 Å². The zero-order valence-corrected chi connectivity index (χ0v) is 14.3. The summed E-state index contributed by atoms with van der Waals surface area (Å²) in [7, 11) is 0. The summed E-state index contributed by atoms with van der Waals surface area (Å²) in [5, 5.41) is 10.5. The number of carbonyl (C=O) groups excluding carboxylic acids is 1. The Kier molecular flexibility index (Phi) is 3.49. The molecule has 0 radical (unpaired) electrons. The summed E-state index contributed by atoms with van der Waals surface area (Å²) in [6, 6.07) is 0. The lowest BCUT2D eigenvalue weighted by Gasteiger charge is -2.55. The number of Topliss-reactive ketones (excluding diaryl/α,β-unsaturated/α-hetero) is 1. The van der Waals surface area contributed by atoms with Crippen LogP contribution >= 0.6 is 0 Å². The van der Waals surface area contributed by atoms with Crippen molar-refractivity contribution in [1.82, 2.24) is 0 Å². The normalized spacial score (nSPS) is 55.0. The molecule has 0 aromatic carbocycles. The predicted molar refractivity (Wildman–Crippen MR) is 87.4 cm³/mol. The molecule has 4 rings (SSSR count). The molecule has 0 aromatic rings. The van der Waals surface area contributed by atoms with Crippen LogP contribution in [0.5, 0.6) is 0 Å². The van der Waals surface area contributed by atoms with Crippen LogP contribution in [0.15, 0.2) is 0 Å². The minimum atomic E-state index is -0.0711. The lowest BCUT2D eigenvalue weighted by atomic mass is 9.50. The van der Waals surface area contributed by atoms with Crippen LogP contribution in [0.3, 0.4) is 0 Å². The van der Waals surface area contributed by atoms with Crippen molar-refractivity contribution in [3.63, 3.8) is 0 Å². The Morgan fingerprint density at radius 1 is 0.955 bits per heavy atom. The van der Waals surface area contributed by atoms with Crippen LogP contribution in [0.25, 0.3) is 0 Å². The first-order valence-electron chi connectivity index (χ1n) is 9.65. The first-order valence-corrected chi connectivity index (χ1v) is 9.65. The summed E-state index contributed by atoms with van der Waals surface area (Å²) >= 11 is 0. The molecule has 0 amide bonds. The highest BCUT2D eigenvalue weighted by atomic mass is 16.3. The van der Waals surface area contributed by atoms with Crippen LogP contribution in [-0.4, -0.2) is 17.0 Å².